The van der Waals surface area contributed by atoms with Crippen molar-refractivity contribution in [3.8, 4) is 33.4 Å². The van der Waals surface area contributed by atoms with Crippen molar-refractivity contribution in [2.24, 2.45) is 0 Å². The summed E-state index contributed by atoms with van der Waals surface area (Å²) in [6.07, 6.45) is 0. The molecule has 0 saturated heterocycles. The van der Waals surface area contributed by atoms with Crippen molar-refractivity contribution in [1.29, 1.82) is 0 Å². The molecule has 0 spiro atoms. The van der Waals surface area contributed by atoms with Gasteiger partial charge in [0, 0.05) is 31.2 Å². The van der Waals surface area contributed by atoms with E-state index in [0.717, 1.165) is 11.4 Å². The molecular formula is C54H35NS. The molecule has 0 aliphatic rings. The third kappa shape index (κ3) is 5.46. The van der Waals surface area contributed by atoms with Crippen LogP contribution in [-0.4, -0.2) is 0 Å². The second kappa shape index (κ2) is 13.4. The lowest BCUT2D eigenvalue weighted by Crippen LogP contribution is -2.11. The minimum atomic E-state index is 1.12. The second-order valence-corrected chi connectivity index (χ2v) is 15.5. The average Bonchev–Trinajstić information content (AvgIpc) is 3.67. The monoisotopic (exact) mass is 729 g/mol. The fraction of sp³-hybridized carbons (Fsp3) is 0. The lowest BCUT2D eigenvalue weighted by Gasteiger charge is -2.28. The van der Waals surface area contributed by atoms with E-state index >= 15 is 0 Å². The molecule has 1 heterocycles. The summed E-state index contributed by atoms with van der Waals surface area (Å²) in [6.45, 7) is 0. The van der Waals surface area contributed by atoms with Gasteiger partial charge in [-0.05, 0) is 103 Å². The summed E-state index contributed by atoms with van der Waals surface area (Å²) in [4.78, 5) is 2.48. The zero-order chi connectivity index (χ0) is 37.0. The Hall–Kier alpha value is -7.00. The highest BCUT2D eigenvalue weighted by Gasteiger charge is 2.22. The SMILES string of the molecule is c1ccc(-c2cccc3ccc(-c4ccc(N(c5cccc6ccccc56)c5ccc(-c6ccc7ccccc7c6)c6sc7ccccc7c56)cc4)cc23)cc1. The van der Waals surface area contributed by atoms with Crippen LogP contribution in [0, 0.1) is 0 Å². The highest BCUT2D eigenvalue weighted by atomic mass is 32.1. The summed E-state index contributed by atoms with van der Waals surface area (Å²) in [5.74, 6) is 0. The van der Waals surface area contributed by atoms with Gasteiger partial charge in [0.15, 0.2) is 0 Å². The molecule has 11 aromatic rings. The summed E-state index contributed by atoms with van der Waals surface area (Å²) >= 11 is 1.89. The van der Waals surface area contributed by atoms with Gasteiger partial charge in [-0.1, -0.05) is 170 Å². The van der Waals surface area contributed by atoms with Gasteiger partial charge < -0.3 is 4.90 Å². The van der Waals surface area contributed by atoms with E-state index in [1.807, 2.05) is 11.3 Å². The summed E-state index contributed by atoms with van der Waals surface area (Å²) < 4.78 is 2.59. The van der Waals surface area contributed by atoms with Gasteiger partial charge in [0.05, 0.1) is 11.4 Å². The van der Waals surface area contributed by atoms with Crippen molar-refractivity contribution in [2.45, 2.75) is 0 Å². The molecule has 0 amide bonds. The number of anilines is 3. The van der Waals surface area contributed by atoms with Crippen molar-refractivity contribution in [3.63, 3.8) is 0 Å². The molecule has 0 fully saturated rings. The number of benzene rings is 10. The maximum Gasteiger partial charge on any atom is 0.0555 e. The van der Waals surface area contributed by atoms with Gasteiger partial charge in [-0.25, -0.2) is 0 Å². The smallest absolute Gasteiger partial charge is 0.0555 e. The Labute approximate surface area is 330 Å². The van der Waals surface area contributed by atoms with Crippen LogP contribution >= 0.6 is 11.3 Å². The Balaban J connectivity index is 1.11. The van der Waals surface area contributed by atoms with E-state index < -0.39 is 0 Å². The van der Waals surface area contributed by atoms with Crippen molar-refractivity contribution >= 4 is 80.9 Å². The Morgan fingerprint density at radius 2 is 0.964 bits per heavy atom. The second-order valence-electron chi connectivity index (χ2n) is 14.5. The molecule has 0 atom stereocenters. The predicted octanol–water partition coefficient (Wildman–Crippen LogP) is 16.0. The van der Waals surface area contributed by atoms with Gasteiger partial charge in [0.1, 0.15) is 0 Å². The Bertz CT molecular complexity index is 3240. The number of thiophene rings is 1. The van der Waals surface area contributed by atoms with Crippen LogP contribution in [0.2, 0.25) is 0 Å². The van der Waals surface area contributed by atoms with E-state index in [9.17, 15) is 0 Å². The first-order valence-electron chi connectivity index (χ1n) is 19.2. The largest absolute Gasteiger partial charge is 0.309 e. The summed E-state index contributed by atoms with van der Waals surface area (Å²) in [5.41, 5.74) is 10.8. The molecule has 56 heavy (non-hydrogen) atoms. The molecule has 0 N–H and O–H groups in total. The van der Waals surface area contributed by atoms with E-state index in [1.165, 1.54) is 91.6 Å². The molecule has 0 radical (unpaired) electrons. The maximum atomic E-state index is 2.48. The quantitative estimate of drug-likeness (QED) is 0.165. The molecule has 262 valence electrons. The predicted molar refractivity (Wildman–Crippen MR) is 243 cm³/mol. The Morgan fingerprint density at radius 1 is 0.321 bits per heavy atom. The van der Waals surface area contributed by atoms with Crippen LogP contribution in [0.4, 0.5) is 17.1 Å². The first kappa shape index (κ1) is 32.4. The fourth-order valence-corrected chi connectivity index (χ4v) is 9.78. The molecule has 2 heteroatoms. The van der Waals surface area contributed by atoms with Crippen LogP contribution in [0.15, 0.2) is 212 Å². The number of rotatable bonds is 6. The molecule has 11 rings (SSSR count). The Kier molecular flexibility index (Phi) is 7.75. The molecule has 0 aliphatic heterocycles. The Morgan fingerprint density at radius 3 is 1.82 bits per heavy atom. The number of hydrogen-bond acceptors (Lipinski definition) is 2. The zero-order valence-electron chi connectivity index (χ0n) is 30.6. The molecule has 0 aliphatic carbocycles. The molecule has 0 saturated carbocycles. The van der Waals surface area contributed by atoms with Crippen molar-refractivity contribution < 1.29 is 0 Å². The lowest BCUT2D eigenvalue weighted by atomic mass is 9.94. The third-order valence-electron chi connectivity index (χ3n) is 11.2. The maximum absolute atomic E-state index is 2.48. The van der Waals surface area contributed by atoms with Crippen LogP contribution in [0.1, 0.15) is 0 Å². The van der Waals surface area contributed by atoms with E-state index in [-0.39, 0.29) is 0 Å². The molecule has 1 nitrogen and oxygen atoms in total. The van der Waals surface area contributed by atoms with Crippen LogP contribution in [0.3, 0.4) is 0 Å². The summed E-state index contributed by atoms with van der Waals surface area (Å²) in [6, 6.07) is 77.7. The zero-order valence-corrected chi connectivity index (χ0v) is 31.4. The third-order valence-corrected chi connectivity index (χ3v) is 12.4. The van der Waals surface area contributed by atoms with Crippen LogP contribution < -0.4 is 4.90 Å². The minimum Gasteiger partial charge on any atom is -0.309 e. The van der Waals surface area contributed by atoms with Gasteiger partial charge >= 0.3 is 0 Å². The van der Waals surface area contributed by atoms with Crippen LogP contribution in [0.5, 0.6) is 0 Å². The minimum absolute atomic E-state index is 1.12. The van der Waals surface area contributed by atoms with Gasteiger partial charge in [-0.15, -0.1) is 11.3 Å². The van der Waals surface area contributed by atoms with Gasteiger partial charge in [-0.3, -0.25) is 0 Å². The van der Waals surface area contributed by atoms with Gasteiger partial charge in [-0.2, -0.15) is 0 Å². The molecule has 0 unspecified atom stereocenters. The number of hydrogen-bond donors (Lipinski definition) is 0. The number of nitrogens with zero attached hydrogens (tertiary/aromatic N) is 1. The first-order chi connectivity index (χ1) is 27.8. The standard InChI is InChI=1S/C54H35NS/c1-2-13-38(14-3-1)45-21-10-17-40-25-26-42(35-49(40)45)37-28-30-44(31-29-37)55(50-22-11-18-39-15-6-7-19-46(39)50)51-33-32-47(43-27-24-36-12-4-5-16-41(36)34-43)54-53(51)48-20-8-9-23-52(48)56-54/h1-35H. The molecule has 0 bridgehead atoms. The van der Waals surface area contributed by atoms with E-state index in [4.69, 9.17) is 0 Å². The first-order valence-corrected chi connectivity index (χ1v) is 20.0. The number of fused-ring (bicyclic) bond motifs is 6. The highest BCUT2D eigenvalue weighted by Crippen LogP contribution is 2.49. The fourth-order valence-electron chi connectivity index (χ4n) is 8.52. The average molecular weight is 730 g/mol. The topological polar surface area (TPSA) is 3.24 Å². The van der Waals surface area contributed by atoms with E-state index in [0.29, 0.717) is 0 Å². The van der Waals surface area contributed by atoms with Crippen molar-refractivity contribution in [3.05, 3.63) is 212 Å². The van der Waals surface area contributed by atoms with Gasteiger partial charge in [0.2, 0.25) is 0 Å². The van der Waals surface area contributed by atoms with Crippen LogP contribution in [-0.2, 0) is 0 Å². The van der Waals surface area contributed by atoms with Crippen molar-refractivity contribution in [1.82, 2.24) is 0 Å². The molecule has 1 aromatic heterocycles. The summed E-state index contributed by atoms with van der Waals surface area (Å²) in [5, 5.41) is 10.00. The van der Waals surface area contributed by atoms with Gasteiger partial charge in [0.25, 0.3) is 0 Å². The molecular weight excluding hydrogens is 695 g/mol. The highest BCUT2D eigenvalue weighted by molar-refractivity contribution is 7.26. The lowest BCUT2D eigenvalue weighted by molar-refractivity contribution is 1.32. The van der Waals surface area contributed by atoms with E-state index in [2.05, 4.69) is 217 Å². The normalized spacial score (nSPS) is 11.6. The van der Waals surface area contributed by atoms with Crippen LogP contribution in [0.25, 0.3) is 85.9 Å². The van der Waals surface area contributed by atoms with E-state index in [1.54, 1.807) is 0 Å². The van der Waals surface area contributed by atoms with Crippen molar-refractivity contribution in [2.75, 3.05) is 4.90 Å². The molecule has 10 aromatic carbocycles. The summed E-state index contributed by atoms with van der Waals surface area (Å²) in [7, 11) is 0.